The minimum absolute atomic E-state index is 0.116. The van der Waals surface area contributed by atoms with E-state index >= 15 is 0 Å². The molecule has 154 valence electrons. The lowest BCUT2D eigenvalue weighted by molar-refractivity contribution is -0.127. The molecule has 3 unspecified atom stereocenters. The fourth-order valence-corrected chi connectivity index (χ4v) is 10.7. The largest absolute Gasteiger partial charge is 0.272 e. The maximum absolute atomic E-state index is 12.7. The number of hydrogen-bond donors (Lipinski definition) is 0. The van der Waals surface area contributed by atoms with Gasteiger partial charge in [-0.3, -0.25) is 9.79 Å². The summed E-state index contributed by atoms with van der Waals surface area (Å²) in [7, 11) is -12.2. The molecule has 27 heavy (non-hydrogen) atoms. The van der Waals surface area contributed by atoms with Gasteiger partial charge in [-0.25, -0.2) is 29.6 Å². The summed E-state index contributed by atoms with van der Waals surface area (Å²) in [4.78, 5) is 16.2. The highest BCUT2D eigenvalue weighted by Gasteiger charge is 2.72. The van der Waals surface area contributed by atoms with Gasteiger partial charge in [0.15, 0.2) is 0 Å². The van der Waals surface area contributed by atoms with Gasteiger partial charge in [0.2, 0.25) is 34.1 Å². The number of carbonyl (C=O) groups excluding carboxylic acids is 1. The van der Waals surface area contributed by atoms with E-state index in [4.69, 9.17) is 0 Å². The monoisotopic (exact) mass is 440 g/mol. The Labute approximate surface area is 160 Å². The van der Waals surface area contributed by atoms with Crippen LogP contribution in [0.4, 0.5) is 0 Å². The van der Waals surface area contributed by atoms with Crippen molar-refractivity contribution in [3.8, 4) is 0 Å². The van der Waals surface area contributed by atoms with Gasteiger partial charge in [0, 0.05) is 17.9 Å². The van der Waals surface area contributed by atoms with Crippen LogP contribution in [0.3, 0.4) is 0 Å². The summed E-state index contributed by atoms with van der Waals surface area (Å²) in [6.45, 7) is 3.24. The smallest absolute Gasteiger partial charge is 0.258 e. The highest BCUT2D eigenvalue weighted by molar-refractivity contribution is 8.30. The van der Waals surface area contributed by atoms with Crippen molar-refractivity contribution in [1.82, 2.24) is 4.31 Å². The van der Waals surface area contributed by atoms with Crippen molar-refractivity contribution in [3.63, 3.8) is 0 Å². The zero-order valence-electron chi connectivity index (χ0n) is 15.7. The van der Waals surface area contributed by atoms with Crippen LogP contribution < -0.4 is 0 Å². The average molecular weight is 441 g/mol. The Morgan fingerprint density at radius 1 is 1.15 bits per heavy atom. The molecule has 3 rings (SSSR count). The van der Waals surface area contributed by atoms with Gasteiger partial charge < -0.3 is 0 Å². The highest BCUT2D eigenvalue weighted by Crippen LogP contribution is 2.69. The SMILES string of the molecule is CC1(C)C2CCC13CS(=O)(=O)N(C(=O)CN=C(S(C)(=O)=O)S(C)(=O)=O)C3C2. The molecule has 9 nitrogen and oxygen atoms in total. The van der Waals surface area contributed by atoms with Gasteiger partial charge in [-0.15, -0.1) is 0 Å². The van der Waals surface area contributed by atoms with Crippen LogP contribution >= 0.6 is 0 Å². The minimum atomic E-state index is -4.17. The first-order valence-corrected chi connectivity index (χ1v) is 13.9. The van der Waals surface area contributed by atoms with E-state index in [-0.39, 0.29) is 11.2 Å². The predicted molar refractivity (Wildman–Crippen MR) is 100.0 cm³/mol. The molecule has 0 radical (unpaired) electrons. The van der Waals surface area contributed by atoms with E-state index in [2.05, 4.69) is 4.99 Å². The summed E-state index contributed by atoms with van der Waals surface area (Å²) in [6, 6.07) is -0.473. The molecule has 1 heterocycles. The van der Waals surface area contributed by atoms with Gasteiger partial charge in [-0.2, -0.15) is 0 Å². The number of amides is 1. The lowest BCUT2D eigenvalue weighted by Gasteiger charge is -2.37. The molecule has 2 aliphatic carbocycles. The zero-order valence-corrected chi connectivity index (χ0v) is 18.1. The first-order valence-electron chi connectivity index (χ1n) is 8.53. The van der Waals surface area contributed by atoms with Crippen LogP contribution in [0.25, 0.3) is 0 Å². The molecule has 1 saturated heterocycles. The van der Waals surface area contributed by atoms with Crippen molar-refractivity contribution >= 4 is 40.0 Å². The number of sulfone groups is 2. The van der Waals surface area contributed by atoms with Crippen molar-refractivity contribution in [3.05, 3.63) is 0 Å². The molecule has 3 fully saturated rings. The fraction of sp³-hybridized carbons (Fsp3) is 0.867. The number of rotatable bonds is 2. The van der Waals surface area contributed by atoms with Crippen LogP contribution in [-0.4, -0.2) is 70.7 Å². The standard InChI is InChI=1S/C15H24N2O7S3/c1-14(2)10-5-6-15(14)9-27(23,24)17(11(15)7-10)12(18)8-16-13(25(3,19)20)26(4,21)22/h10-11H,5-9H2,1-4H3. The normalized spacial score (nSPS) is 33.7. The summed E-state index contributed by atoms with van der Waals surface area (Å²) in [5, 5.41) is 0. The molecule has 3 aliphatic rings. The lowest BCUT2D eigenvalue weighted by atomic mass is 9.69. The molecular weight excluding hydrogens is 416 g/mol. The molecule has 1 amide bonds. The second-order valence-electron chi connectivity index (χ2n) is 8.44. The molecule has 1 aliphatic heterocycles. The molecule has 2 saturated carbocycles. The van der Waals surface area contributed by atoms with Crippen LogP contribution in [0.1, 0.15) is 33.1 Å². The number of hydrogen-bond acceptors (Lipinski definition) is 8. The summed E-state index contributed by atoms with van der Waals surface area (Å²) >= 11 is 0. The summed E-state index contributed by atoms with van der Waals surface area (Å²) in [5.74, 6) is -0.682. The fourth-order valence-electron chi connectivity index (χ4n) is 5.33. The Hall–Kier alpha value is -1.01. The van der Waals surface area contributed by atoms with Gasteiger partial charge in [0.1, 0.15) is 6.54 Å². The van der Waals surface area contributed by atoms with Crippen LogP contribution in [-0.2, 0) is 34.5 Å². The molecule has 1 spiro atoms. The first-order chi connectivity index (χ1) is 12.0. The molecule has 3 atom stereocenters. The van der Waals surface area contributed by atoms with Gasteiger partial charge in [-0.1, -0.05) is 13.8 Å². The average Bonchev–Trinajstić information content (AvgIpc) is 2.91. The Bertz CT molecular complexity index is 1010. The molecule has 12 heteroatoms. The number of aliphatic imine (C=N–C) groups is 1. The Balaban J connectivity index is 1.96. The van der Waals surface area contributed by atoms with E-state index in [1.165, 1.54) is 0 Å². The summed E-state index contributed by atoms with van der Waals surface area (Å²) in [6.07, 6.45) is 3.58. The molecule has 0 aromatic rings. The first kappa shape index (κ1) is 20.7. The molecule has 0 aromatic heterocycles. The number of fused-ring (bicyclic) bond motifs is 1. The van der Waals surface area contributed by atoms with E-state index < -0.39 is 58.0 Å². The van der Waals surface area contributed by atoms with Crippen LogP contribution in [0, 0.1) is 16.7 Å². The zero-order chi connectivity index (χ0) is 20.6. The molecular formula is C15H24N2O7S3. The van der Waals surface area contributed by atoms with E-state index in [9.17, 15) is 30.0 Å². The summed E-state index contributed by atoms with van der Waals surface area (Å²) in [5.41, 5.74) is -0.722. The Morgan fingerprint density at radius 2 is 1.70 bits per heavy atom. The van der Waals surface area contributed by atoms with E-state index in [1.807, 2.05) is 13.8 Å². The van der Waals surface area contributed by atoms with Gasteiger partial charge in [0.05, 0.1) is 11.8 Å². The topological polar surface area (TPSA) is 135 Å². The van der Waals surface area contributed by atoms with Crippen molar-refractivity contribution in [2.45, 2.75) is 39.2 Å². The second-order valence-corrected chi connectivity index (χ2v) is 14.4. The third kappa shape index (κ3) is 2.94. The quantitative estimate of drug-likeness (QED) is 0.428. The predicted octanol–water partition coefficient (Wildman–Crippen LogP) is -0.201. The van der Waals surface area contributed by atoms with E-state index in [0.717, 1.165) is 17.1 Å². The van der Waals surface area contributed by atoms with Gasteiger partial charge in [0.25, 0.3) is 5.91 Å². The van der Waals surface area contributed by atoms with E-state index in [0.29, 0.717) is 24.9 Å². The number of carbonyl (C=O) groups is 1. The molecule has 0 aromatic carbocycles. The van der Waals surface area contributed by atoms with Gasteiger partial charge in [-0.05, 0) is 30.6 Å². The third-order valence-corrected chi connectivity index (χ3v) is 11.9. The van der Waals surface area contributed by atoms with Crippen LogP contribution in [0.2, 0.25) is 0 Å². The van der Waals surface area contributed by atoms with Crippen molar-refractivity contribution in [1.29, 1.82) is 0 Å². The number of nitrogens with zero attached hydrogens (tertiary/aromatic N) is 2. The van der Waals surface area contributed by atoms with Crippen molar-refractivity contribution in [2.24, 2.45) is 21.7 Å². The van der Waals surface area contributed by atoms with Gasteiger partial charge >= 0.3 is 0 Å². The van der Waals surface area contributed by atoms with Crippen molar-refractivity contribution < 1.29 is 30.0 Å². The number of sulfonamides is 1. The molecule has 2 bridgehead atoms. The second kappa shape index (κ2) is 5.76. The lowest BCUT2D eigenvalue weighted by Crippen LogP contribution is -2.45. The highest BCUT2D eigenvalue weighted by atomic mass is 32.3. The molecule has 0 N–H and O–H groups in total. The van der Waals surface area contributed by atoms with Crippen molar-refractivity contribution in [2.75, 3.05) is 24.8 Å². The van der Waals surface area contributed by atoms with E-state index in [1.54, 1.807) is 0 Å². The van der Waals surface area contributed by atoms with Crippen LogP contribution in [0.5, 0.6) is 0 Å². The summed E-state index contributed by atoms with van der Waals surface area (Å²) < 4.78 is 71.9. The Morgan fingerprint density at radius 3 is 2.19 bits per heavy atom. The van der Waals surface area contributed by atoms with Crippen LogP contribution in [0.15, 0.2) is 4.99 Å². The Kier molecular flexibility index (Phi) is 4.42. The third-order valence-electron chi connectivity index (χ3n) is 6.63. The maximum atomic E-state index is 12.7. The minimum Gasteiger partial charge on any atom is -0.272 e. The maximum Gasteiger partial charge on any atom is 0.258 e.